The van der Waals surface area contributed by atoms with Gasteiger partial charge < -0.3 is 10.1 Å². The minimum Gasteiger partial charge on any atom is -0.462 e. The number of sulfonamides is 1. The molecule has 0 saturated heterocycles. The van der Waals surface area contributed by atoms with Gasteiger partial charge in [-0.05, 0) is 32.0 Å². The van der Waals surface area contributed by atoms with E-state index in [1.54, 1.807) is 26.0 Å². The number of hydrogen-bond acceptors (Lipinski definition) is 4. The summed E-state index contributed by atoms with van der Waals surface area (Å²) in [5.74, 6) is 0. The first-order chi connectivity index (χ1) is 7.88. The number of benzene rings is 1. The largest absolute Gasteiger partial charge is 0.462 e. The quantitative estimate of drug-likeness (QED) is 0.853. The van der Waals surface area contributed by atoms with Crippen molar-refractivity contribution in [3.8, 4) is 0 Å². The molecule has 1 N–H and O–H groups in total. The predicted molar refractivity (Wildman–Crippen MR) is 65.9 cm³/mol. The average Bonchev–Trinajstić information content (AvgIpc) is 2.17. The first kappa shape index (κ1) is 12.2. The molecule has 7 heteroatoms. The molecule has 0 atom stereocenters. The summed E-state index contributed by atoms with van der Waals surface area (Å²) < 4.78 is 32.5. The normalized spacial score (nSPS) is 17.1. The van der Waals surface area contributed by atoms with E-state index in [2.05, 4.69) is 9.71 Å². The standard InChI is InChI=1S/C10H11ClN2O3S/c1-6(2)16-10-12-8-4-3-7(11)5-9(8)17(14,15)13-10/h3-6H,1-2H3,(H,12,13). The molecule has 0 amide bonds. The van der Waals surface area contributed by atoms with Gasteiger partial charge in [0.2, 0.25) is 0 Å². The van der Waals surface area contributed by atoms with Crippen LogP contribution in [0.5, 0.6) is 0 Å². The Kier molecular flexibility index (Phi) is 3.01. The molecule has 0 saturated carbocycles. The number of hydrogen-bond donors (Lipinski definition) is 1. The van der Waals surface area contributed by atoms with Crippen LogP contribution in [-0.4, -0.2) is 20.5 Å². The summed E-state index contributed by atoms with van der Waals surface area (Å²) in [6.45, 7) is 3.57. The van der Waals surface area contributed by atoms with E-state index in [0.717, 1.165) is 0 Å². The molecule has 92 valence electrons. The molecule has 0 aromatic heterocycles. The van der Waals surface area contributed by atoms with E-state index in [-0.39, 0.29) is 17.0 Å². The Morgan fingerprint density at radius 3 is 2.76 bits per heavy atom. The number of halogens is 1. The average molecular weight is 275 g/mol. The molecule has 1 aromatic carbocycles. The van der Waals surface area contributed by atoms with Crippen LogP contribution in [-0.2, 0) is 14.8 Å². The predicted octanol–water partition coefficient (Wildman–Crippen LogP) is 2.24. The van der Waals surface area contributed by atoms with Crippen LogP contribution in [0.1, 0.15) is 13.8 Å². The van der Waals surface area contributed by atoms with E-state index < -0.39 is 10.0 Å². The van der Waals surface area contributed by atoms with Gasteiger partial charge in [0.15, 0.2) is 0 Å². The number of nitrogens with zero attached hydrogens (tertiary/aromatic N) is 1. The third-order valence-electron chi connectivity index (χ3n) is 2.01. The van der Waals surface area contributed by atoms with Crippen LogP contribution in [0.15, 0.2) is 27.5 Å². The molecule has 1 aliphatic heterocycles. The van der Waals surface area contributed by atoms with Crippen molar-refractivity contribution in [1.82, 2.24) is 0 Å². The summed E-state index contributed by atoms with van der Waals surface area (Å²) in [6, 6.07) is 4.51. The van der Waals surface area contributed by atoms with E-state index in [1.807, 2.05) is 0 Å². The van der Waals surface area contributed by atoms with E-state index in [0.29, 0.717) is 10.7 Å². The second kappa shape index (κ2) is 4.19. The molecule has 0 bridgehead atoms. The molecule has 0 aliphatic carbocycles. The Hall–Kier alpha value is -1.27. The Morgan fingerprint density at radius 1 is 1.41 bits per heavy atom. The second-order valence-corrected chi connectivity index (χ2v) is 5.81. The number of ether oxygens (including phenoxy) is 1. The fourth-order valence-electron chi connectivity index (χ4n) is 1.38. The van der Waals surface area contributed by atoms with Crippen molar-refractivity contribution in [3.05, 3.63) is 23.2 Å². The van der Waals surface area contributed by atoms with Gasteiger partial charge in [-0.25, -0.2) is 0 Å². The van der Waals surface area contributed by atoms with Crippen LogP contribution in [0.2, 0.25) is 5.02 Å². The topological polar surface area (TPSA) is 67.8 Å². The van der Waals surface area contributed by atoms with Crippen LogP contribution in [0.3, 0.4) is 0 Å². The van der Waals surface area contributed by atoms with Crippen LogP contribution >= 0.6 is 11.6 Å². The molecule has 1 aliphatic rings. The Balaban J connectivity index is 2.47. The molecule has 1 aromatic rings. The third-order valence-corrected chi connectivity index (χ3v) is 3.55. The fourth-order valence-corrected chi connectivity index (χ4v) is 2.70. The van der Waals surface area contributed by atoms with E-state index in [4.69, 9.17) is 16.3 Å². The molecule has 0 fully saturated rings. The first-order valence-corrected chi connectivity index (χ1v) is 6.78. The zero-order chi connectivity index (χ0) is 12.6. The van der Waals surface area contributed by atoms with Crippen molar-refractivity contribution < 1.29 is 13.2 Å². The van der Waals surface area contributed by atoms with Gasteiger partial charge in [-0.2, -0.15) is 8.42 Å². The summed E-state index contributed by atoms with van der Waals surface area (Å²) in [5.41, 5.74) is 0.417. The molecule has 0 unspecified atom stereocenters. The number of rotatable bonds is 1. The van der Waals surface area contributed by atoms with Gasteiger partial charge in [0.25, 0.3) is 10.0 Å². The molecule has 1 heterocycles. The van der Waals surface area contributed by atoms with Gasteiger partial charge in [-0.1, -0.05) is 11.6 Å². The van der Waals surface area contributed by atoms with Gasteiger partial charge in [0.05, 0.1) is 11.8 Å². The van der Waals surface area contributed by atoms with E-state index >= 15 is 0 Å². The molecule has 0 spiro atoms. The smallest absolute Gasteiger partial charge is 0.305 e. The Bertz CT molecular complexity index is 581. The molecule has 0 radical (unpaired) electrons. The summed E-state index contributed by atoms with van der Waals surface area (Å²) in [4.78, 5) is 0.0566. The van der Waals surface area contributed by atoms with Gasteiger partial charge >= 0.3 is 6.02 Å². The van der Waals surface area contributed by atoms with Crippen molar-refractivity contribution in [2.24, 2.45) is 4.40 Å². The van der Waals surface area contributed by atoms with Gasteiger partial charge in [-0.3, -0.25) is 0 Å². The minimum absolute atomic E-state index is 0.0187. The maximum atomic E-state index is 11.9. The van der Waals surface area contributed by atoms with Gasteiger partial charge in [-0.15, -0.1) is 4.40 Å². The molecule has 2 rings (SSSR count). The number of amidine groups is 1. The summed E-state index contributed by atoms with van der Waals surface area (Å²) >= 11 is 5.75. The van der Waals surface area contributed by atoms with Crippen molar-refractivity contribution in [1.29, 1.82) is 0 Å². The second-order valence-electron chi connectivity index (χ2n) is 3.80. The molecular weight excluding hydrogens is 264 g/mol. The summed E-state index contributed by atoms with van der Waals surface area (Å²) in [6.07, 6.45) is -0.162. The minimum atomic E-state index is -3.74. The van der Waals surface area contributed by atoms with Crippen molar-refractivity contribution in [2.45, 2.75) is 24.8 Å². The maximum Gasteiger partial charge on any atom is 0.305 e. The van der Waals surface area contributed by atoms with Crippen molar-refractivity contribution in [3.63, 3.8) is 0 Å². The zero-order valence-corrected chi connectivity index (χ0v) is 10.8. The fraction of sp³-hybridized carbons (Fsp3) is 0.300. The summed E-state index contributed by atoms with van der Waals surface area (Å²) in [7, 11) is -3.74. The van der Waals surface area contributed by atoms with Crippen molar-refractivity contribution in [2.75, 3.05) is 5.32 Å². The Morgan fingerprint density at radius 2 is 2.12 bits per heavy atom. The highest BCUT2D eigenvalue weighted by Gasteiger charge is 2.26. The molecular formula is C10H11ClN2O3S. The van der Waals surface area contributed by atoms with Gasteiger partial charge in [0, 0.05) is 5.02 Å². The van der Waals surface area contributed by atoms with Crippen LogP contribution < -0.4 is 5.32 Å². The molecule has 5 nitrogen and oxygen atoms in total. The number of nitrogens with one attached hydrogen (secondary N) is 1. The summed E-state index contributed by atoms with van der Waals surface area (Å²) in [5, 5.41) is 3.15. The van der Waals surface area contributed by atoms with Crippen LogP contribution in [0, 0.1) is 0 Å². The monoisotopic (exact) mass is 274 g/mol. The lowest BCUT2D eigenvalue weighted by Gasteiger charge is -2.19. The first-order valence-electron chi connectivity index (χ1n) is 4.97. The highest BCUT2D eigenvalue weighted by molar-refractivity contribution is 7.90. The van der Waals surface area contributed by atoms with Crippen molar-refractivity contribution >= 4 is 33.3 Å². The Labute approximate surface area is 105 Å². The maximum absolute atomic E-state index is 11.9. The lowest BCUT2D eigenvalue weighted by atomic mass is 10.3. The zero-order valence-electron chi connectivity index (χ0n) is 9.27. The van der Waals surface area contributed by atoms with E-state index in [1.165, 1.54) is 6.07 Å². The van der Waals surface area contributed by atoms with Gasteiger partial charge in [0.1, 0.15) is 4.90 Å². The van der Waals surface area contributed by atoms with Crippen LogP contribution in [0.25, 0.3) is 0 Å². The highest BCUT2D eigenvalue weighted by Crippen LogP contribution is 2.29. The van der Waals surface area contributed by atoms with Crippen LogP contribution in [0.4, 0.5) is 5.69 Å². The lowest BCUT2D eigenvalue weighted by molar-refractivity contribution is 0.228. The third kappa shape index (κ3) is 2.53. The molecule has 17 heavy (non-hydrogen) atoms. The number of anilines is 1. The number of fused-ring (bicyclic) bond motifs is 1. The lowest BCUT2D eigenvalue weighted by Crippen LogP contribution is -2.26. The van der Waals surface area contributed by atoms with E-state index in [9.17, 15) is 8.42 Å². The highest BCUT2D eigenvalue weighted by atomic mass is 35.5. The SMILES string of the molecule is CC(C)OC1=NS(=O)(=O)c2cc(Cl)ccc2N1.